The van der Waals surface area contributed by atoms with E-state index in [4.69, 9.17) is 21.1 Å². The number of hydrogen-bond donors (Lipinski definition) is 3. The normalized spacial score (nSPS) is 21.7. The molecule has 1 aromatic carbocycles. The maximum atomic E-state index is 12.8. The Morgan fingerprint density at radius 3 is 2.48 bits per heavy atom. The van der Waals surface area contributed by atoms with E-state index in [2.05, 4.69) is 36.3 Å². The molecule has 5 rings (SSSR count). The van der Waals surface area contributed by atoms with Crippen molar-refractivity contribution in [2.75, 3.05) is 69.9 Å². The highest BCUT2D eigenvalue weighted by molar-refractivity contribution is 7.88. The number of amides is 1. The molecule has 42 heavy (non-hydrogen) atoms. The zero-order valence-electron chi connectivity index (χ0n) is 24.2. The largest absolute Gasteiger partial charge is 0.495 e. The fourth-order valence-corrected chi connectivity index (χ4v) is 6.85. The fourth-order valence-electron chi connectivity index (χ4n) is 5.87. The second-order valence-electron chi connectivity index (χ2n) is 11.1. The van der Waals surface area contributed by atoms with Crippen LogP contribution in [0, 0.1) is 0 Å². The summed E-state index contributed by atoms with van der Waals surface area (Å²) < 4.78 is 37.6. The van der Waals surface area contributed by atoms with Crippen LogP contribution in [0.5, 0.6) is 5.75 Å². The summed E-state index contributed by atoms with van der Waals surface area (Å²) in [6.45, 7) is 4.50. The summed E-state index contributed by atoms with van der Waals surface area (Å²) >= 11 is 6.45. The number of morpholine rings is 1. The Morgan fingerprint density at radius 1 is 1.10 bits per heavy atom. The first-order valence-corrected chi connectivity index (χ1v) is 16.8. The van der Waals surface area contributed by atoms with Gasteiger partial charge in [-0.2, -0.15) is 4.98 Å². The van der Waals surface area contributed by atoms with Crippen molar-refractivity contribution in [3.05, 3.63) is 34.5 Å². The van der Waals surface area contributed by atoms with Crippen molar-refractivity contribution in [2.45, 2.75) is 50.6 Å². The van der Waals surface area contributed by atoms with Gasteiger partial charge >= 0.3 is 0 Å². The van der Waals surface area contributed by atoms with Gasteiger partial charge < -0.3 is 25.0 Å². The van der Waals surface area contributed by atoms with Crippen LogP contribution in [-0.4, -0.2) is 105 Å². The minimum absolute atomic E-state index is 0.145. The fraction of sp³-hybridized carbons (Fsp3) is 0.607. The van der Waals surface area contributed by atoms with Gasteiger partial charge in [-0.25, -0.2) is 18.1 Å². The number of methoxy groups -OCH3 is 1. The molecule has 14 heteroatoms. The molecular formula is C28H40ClN7O5S. The first kappa shape index (κ1) is 30.7. The van der Waals surface area contributed by atoms with Crippen LogP contribution in [0.3, 0.4) is 0 Å². The van der Waals surface area contributed by atoms with Crippen LogP contribution in [0.15, 0.2) is 18.3 Å². The number of carbonyl (C=O) groups excluding carboxylic acids is 1. The lowest BCUT2D eigenvalue weighted by Crippen LogP contribution is -2.48. The van der Waals surface area contributed by atoms with Crippen molar-refractivity contribution >= 4 is 45.0 Å². The predicted octanol–water partition coefficient (Wildman–Crippen LogP) is 2.41. The van der Waals surface area contributed by atoms with Crippen LogP contribution >= 0.6 is 11.6 Å². The van der Waals surface area contributed by atoms with Crippen LogP contribution in [0.25, 0.3) is 0 Å². The van der Waals surface area contributed by atoms with E-state index in [0.717, 1.165) is 57.3 Å². The van der Waals surface area contributed by atoms with Gasteiger partial charge in [0, 0.05) is 38.3 Å². The molecule has 3 heterocycles. The molecule has 2 aliphatic heterocycles. The Bertz CT molecular complexity index is 1370. The molecule has 2 atom stereocenters. The van der Waals surface area contributed by atoms with Crippen molar-refractivity contribution in [3.63, 3.8) is 0 Å². The molecule has 1 aromatic heterocycles. The van der Waals surface area contributed by atoms with E-state index in [-0.39, 0.29) is 18.0 Å². The molecule has 0 radical (unpaired) electrons. The smallest absolute Gasteiger partial charge is 0.236 e. The number of halogens is 1. The Balaban J connectivity index is 1.28. The first-order chi connectivity index (χ1) is 20.2. The van der Waals surface area contributed by atoms with Crippen LogP contribution < -0.4 is 20.1 Å². The number of fused-ring (bicyclic) bond motifs is 1. The molecule has 2 fully saturated rings. The topological polar surface area (TPSA) is 138 Å². The number of anilines is 3. The third-order valence-corrected chi connectivity index (χ3v) is 9.09. The molecule has 1 amide bonds. The van der Waals surface area contributed by atoms with E-state index < -0.39 is 10.0 Å². The zero-order chi connectivity index (χ0) is 29.7. The molecule has 3 N–H and O–H groups in total. The Labute approximate surface area is 252 Å². The van der Waals surface area contributed by atoms with Crippen molar-refractivity contribution in [2.24, 2.45) is 0 Å². The quantitative estimate of drug-likeness (QED) is 0.383. The predicted molar refractivity (Wildman–Crippen MR) is 162 cm³/mol. The standard InChI is InChI=1S/C28H40ClN7O5S/c1-40-25-16-20-8-10-35(18-26(37)36-11-13-41-14-12-36)9-7-19(20)15-24(25)32-28-30-17-21(29)27(33-28)31-22-5-3-4-6-23(22)34-42(2,38)39/h15-17,22-23,34H,3-14,18H2,1-2H3,(H2,30,31,32,33)/t22-,23-/m1/s1. The highest BCUT2D eigenvalue weighted by Gasteiger charge is 2.28. The molecule has 0 bridgehead atoms. The van der Waals surface area contributed by atoms with Crippen molar-refractivity contribution < 1.29 is 22.7 Å². The monoisotopic (exact) mass is 621 g/mol. The highest BCUT2D eigenvalue weighted by atomic mass is 35.5. The summed E-state index contributed by atoms with van der Waals surface area (Å²) in [5, 5.41) is 7.00. The van der Waals surface area contributed by atoms with Crippen molar-refractivity contribution in [1.29, 1.82) is 0 Å². The van der Waals surface area contributed by atoms with Crippen LogP contribution in [0.4, 0.5) is 17.5 Å². The number of ether oxygens (including phenoxy) is 2. The van der Waals surface area contributed by atoms with Gasteiger partial charge in [0.1, 0.15) is 10.8 Å². The van der Waals surface area contributed by atoms with Crippen molar-refractivity contribution in [1.82, 2.24) is 24.5 Å². The molecule has 1 aliphatic carbocycles. The number of benzene rings is 1. The Hall–Kier alpha value is -2.71. The zero-order valence-corrected chi connectivity index (χ0v) is 25.8. The van der Waals surface area contributed by atoms with Gasteiger partial charge in [-0.15, -0.1) is 0 Å². The summed E-state index contributed by atoms with van der Waals surface area (Å²) in [6, 6.07) is 3.72. The number of carbonyl (C=O) groups is 1. The number of rotatable bonds is 9. The second-order valence-corrected chi connectivity index (χ2v) is 13.3. The number of hydrogen-bond acceptors (Lipinski definition) is 10. The minimum atomic E-state index is -3.35. The molecule has 0 unspecified atom stereocenters. The third-order valence-electron chi connectivity index (χ3n) is 8.08. The van der Waals surface area contributed by atoms with Crippen LogP contribution in [0.2, 0.25) is 5.02 Å². The van der Waals surface area contributed by atoms with Crippen molar-refractivity contribution in [3.8, 4) is 5.75 Å². The molecule has 230 valence electrons. The lowest BCUT2D eigenvalue weighted by atomic mass is 9.91. The summed E-state index contributed by atoms with van der Waals surface area (Å²) in [5.41, 5.74) is 3.11. The first-order valence-electron chi connectivity index (χ1n) is 14.5. The number of nitrogens with zero attached hydrogens (tertiary/aromatic N) is 4. The van der Waals surface area contributed by atoms with Gasteiger partial charge in [0.05, 0.1) is 45.0 Å². The van der Waals surface area contributed by atoms with E-state index in [9.17, 15) is 13.2 Å². The van der Waals surface area contributed by atoms with E-state index in [1.807, 2.05) is 11.0 Å². The molecule has 3 aliphatic rings. The second kappa shape index (κ2) is 13.7. The molecule has 1 saturated carbocycles. The van der Waals surface area contributed by atoms with Crippen LogP contribution in [0.1, 0.15) is 36.8 Å². The highest BCUT2D eigenvalue weighted by Crippen LogP contribution is 2.33. The Kier molecular flexibility index (Phi) is 10.0. The van der Waals surface area contributed by atoms with Crippen LogP contribution in [-0.2, 0) is 32.4 Å². The van der Waals surface area contributed by atoms with E-state index >= 15 is 0 Å². The average molecular weight is 622 g/mol. The van der Waals surface area contributed by atoms with E-state index in [1.165, 1.54) is 23.6 Å². The van der Waals surface area contributed by atoms with Gasteiger partial charge in [-0.05, 0) is 48.9 Å². The summed E-state index contributed by atoms with van der Waals surface area (Å²) in [5.74, 6) is 1.61. The number of sulfonamides is 1. The molecular weight excluding hydrogens is 582 g/mol. The van der Waals surface area contributed by atoms with Gasteiger partial charge in [0.25, 0.3) is 0 Å². The SMILES string of the molecule is COc1cc2c(cc1Nc1ncc(Cl)c(N[C@@H]3CCCC[C@H]3NS(C)(=O)=O)n1)CCN(CC(=O)N1CCOCC1)CC2. The van der Waals surface area contributed by atoms with Gasteiger partial charge in [0.2, 0.25) is 21.9 Å². The van der Waals surface area contributed by atoms with Gasteiger partial charge in [-0.3, -0.25) is 9.69 Å². The number of nitrogens with one attached hydrogen (secondary N) is 3. The molecule has 12 nitrogen and oxygen atoms in total. The summed E-state index contributed by atoms with van der Waals surface area (Å²) in [4.78, 5) is 25.9. The maximum Gasteiger partial charge on any atom is 0.236 e. The molecule has 1 saturated heterocycles. The lowest BCUT2D eigenvalue weighted by Gasteiger charge is -2.32. The average Bonchev–Trinajstić information content (AvgIpc) is 3.16. The Morgan fingerprint density at radius 2 is 1.79 bits per heavy atom. The molecule has 2 aromatic rings. The summed E-state index contributed by atoms with van der Waals surface area (Å²) in [7, 11) is -1.72. The minimum Gasteiger partial charge on any atom is -0.495 e. The third kappa shape index (κ3) is 8.01. The van der Waals surface area contributed by atoms with Gasteiger partial charge in [0.15, 0.2) is 5.82 Å². The maximum absolute atomic E-state index is 12.8. The number of aromatic nitrogens is 2. The van der Waals surface area contributed by atoms with E-state index in [0.29, 0.717) is 55.4 Å². The van der Waals surface area contributed by atoms with E-state index in [1.54, 1.807) is 7.11 Å². The molecule has 0 spiro atoms. The lowest BCUT2D eigenvalue weighted by molar-refractivity contribution is -0.136. The summed E-state index contributed by atoms with van der Waals surface area (Å²) in [6.07, 6.45) is 7.80. The van der Waals surface area contributed by atoms with Gasteiger partial charge in [-0.1, -0.05) is 24.4 Å².